The second-order valence-electron chi connectivity index (χ2n) is 6.43. The van der Waals surface area contributed by atoms with E-state index in [4.69, 9.17) is 0 Å². The summed E-state index contributed by atoms with van der Waals surface area (Å²) in [6, 6.07) is 8.19. The molecule has 1 aliphatic rings. The Morgan fingerprint density at radius 3 is 2.55 bits per heavy atom. The molecule has 1 fully saturated rings. The van der Waals surface area contributed by atoms with Gasteiger partial charge in [0.1, 0.15) is 0 Å². The third-order valence-corrected chi connectivity index (χ3v) is 4.72. The van der Waals surface area contributed by atoms with E-state index in [0.29, 0.717) is 12.3 Å². The SMILES string of the molecule is COC(=O)CCCc1ccc(C(O)CC2CCCCC2)cc1. The van der Waals surface area contributed by atoms with Crippen molar-refractivity contribution in [3.05, 3.63) is 35.4 Å². The molecule has 0 spiro atoms. The van der Waals surface area contributed by atoms with E-state index < -0.39 is 0 Å². The Balaban J connectivity index is 1.78. The van der Waals surface area contributed by atoms with Crippen molar-refractivity contribution in [2.24, 2.45) is 5.92 Å². The van der Waals surface area contributed by atoms with E-state index in [1.807, 2.05) is 12.1 Å². The lowest BCUT2D eigenvalue weighted by atomic mass is 9.84. The topological polar surface area (TPSA) is 46.5 Å². The highest BCUT2D eigenvalue weighted by molar-refractivity contribution is 5.69. The number of hydrogen-bond acceptors (Lipinski definition) is 3. The molecule has 0 radical (unpaired) electrons. The highest BCUT2D eigenvalue weighted by Crippen LogP contribution is 2.31. The largest absolute Gasteiger partial charge is 0.469 e. The van der Waals surface area contributed by atoms with Crippen molar-refractivity contribution >= 4 is 5.97 Å². The van der Waals surface area contributed by atoms with Gasteiger partial charge in [0.05, 0.1) is 13.2 Å². The summed E-state index contributed by atoms with van der Waals surface area (Å²) in [6.45, 7) is 0. The fraction of sp³-hybridized carbons (Fsp3) is 0.632. The molecule has 0 saturated heterocycles. The van der Waals surface area contributed by atoms with Crippen LogP contribution in [0.1, 0.15) is 68.6 Å². The van der Waals surface area contributed by atoms with Gasteiger partial charge in [-0.25, -0.2) is 0 Å². The number of hydrogen-bond donors (Lipinski definition) is 1. The van der Waals surface area contributed by atoms with Crippen LogP contribution in [0.2, 0.25) is 0 Å². The summed E-state index contributed by atoms with van der Waals surface area (Å²) in [4.78, 5) is 11.1. The second-order valence-corrected chi connectivity index (χ2v) is 6.43. The van der Waals surface area contributed by atoms with Crippen molar-refractivity contribution < 1.29 is 14.6 Å². The molecular formula is C19H28O3. The number of carbonyl (C=O) groups is 1. The smallest absolute Gasteiger partial charge is 0.305 e. The van der Waals surface area contributed by atoms with Crippen LogP contribution in [0.15, 0.2) is 24.3 Å². The van der Waals surface area contributed by atoms with Crippen molar-refractivity contribution in [1.82, 2.24) is 0 Å². The fourth-order valence-corrected chi connectivity index (χ4v) is 3.32. The standard InChI is InChI=1S/C19H28O3/c1-22-19(21)9-5-8-15-10-12-17(13-11-15)18(20)14-16-6-3-2-4-7-16/h10-13,16,18,20H,2-9,14H2,1H3. The van der Waals surface area contributed by atoms with Gasteiger partial charge in [-0.2, -0.15) is 0 Å². The normalized spacial score (nSPS) is 17.2. The van der Waals surface area contributed by atoms with Crippen LogP contribution in [0.25, 0.3) is 0 Å². The van der Waals surface area contributed by atoms with Crippen molar-refractivity contribution in [1.29, 1.82) is 0 Å². The quantitative estimate of drug-likeness (QED) is 0.768. The first-order chi connectivity index (χ1) is 10.7. The molecule has 0 heterocycles. The molecule has 22 heavy (non-hydrogen) atoms. The van der Waals surface area contributed by atoms with Crippen LogP contribution in [-0.4, -0.2) is 18.2 Å². The monoisotopic (exact) mass is 304 g/mol. The third-order valence-electron chi connectivity index (χ3n) is 4.72. The molecule has 1 aliphatic carbocycles. The summed E-state index contributed by atoms with van der Waals surface area (Å²) in [5.74, 6) is 0.531. The molecule has 0 aliphatic heterocycles. The summed E-state index contributed by atoms with van der Waals surface area (Å²) in [6.07, 6.45) is 9.20. The molecule has 1 aromatic carbocycles. The Labute approximate surface area is 133 Å². The van der Waals surface area contributed by atoms with E-state index in [9.17, 15) is 9.90 Å². The number of esters is 1. The lowest BCUT2D eigenvalue weighted by Crippen LogP contribution is -2.11. The van der Waals surface area contributed by atoms with Crippen LogP contribution in [0.5, 0.6) is 0 Å². The number of carbonyl (C=O) groups excluding carboxylic acids is 1. The maximum absolute atomic E-state index is 11.1. The second kappa shape index (κ2) is 8.94. The van der Waals surface area contributed by atoms with Crippen LogP contribution >= 0.6 is 0 Å². The van der Waals surface area contributed by atoms with Crippen LogP contribution in [-0.2, 0) is 16.0 Å². The van der Waals surface area contributed by atoms with Gasteiger partial charge in [0.25, 0.3) is 0 Å². The first kappa shape index (κ1) is 17.0. The number of aliphatic hydroxyl groups excluding tert-OH is 1. The zero-order chi connectivity index (χ0) is 15.8. The van der Waals surface area contributed by atoms with E-state index in [-0.39, 0.29) is 12.1 Å². The van der Waals surface area contributed by atoms with Gasteiger partial charge in [0.2, 0.25) is 0 Å². The molecule has 1 atom stereocenters. The van der Waals surface area contributed by atoms with Gasteiger partial charge in [-0.15, -0.1) is 0 Å². The van der Waals surface area contributed by atoms with Crippen molar-refractivity contribution in [2.75, 3.05) is 7.11 Å². The summed E-state index contributed by atoms with van der Waals surface area (Å²) in [5, 5.41) is 10.4. The average molecular weight is 304 g/mol. The molecular weight excluding hydrogens is 276 g/mol. The molecule has 3 nitrogen and oxygen atoms in total. The lowest BCUT2D eigenvalue weighted by Gasteiger charge is -2.24. The van der Waals surface area contributed by atoms with E-state index >= 15 is 0 Å². The van der Waals surface area contributed by atoms with Gasteiger partial charge >= 0.3 is 5.97 Å². The van der Waals surface area contributed by atoms with Gasteiger partial charge in [-0.05, 0) is 36.3 Å². The highest BCUT2D eigenvalue weighted by atomic mass is 16.5. The molecule has 1 aromatic rings. The first-order valence-electron chi connectivity index (χ1n) is 8.52. The average Bonchev–Trinajstić information content (AvgIpc) is 2.56. The Bertz CT molecular complexity index is 446. The predicted molar refractivity (Wildman–Crippen MR) is 87.5 cm³/mol. The molecule has 1 N–H and O–H groups in total. The number of ether oxygens (including phenoxy) is 1. The maximum atomic E-state index is 11.1. The molecule has 1 unspecified atom stereocenters. The molecule has 3 heteroatoms. The summed E-state index contributed by atoms with van der Waals surface area (Å²) < 4.78 is 4.64. The molecule has 122 valence electrons. The molecule has 0 aromatic heterocycles. The molecule has 0 bridgehead atoms. The van der Waals surface area contributed by atoms with Crippen LogP contribution < -0.4 is 0 Å². The minimum Gasteiger partial charge on any atom is -0.469 e. The Morgan fingerprint density at radius 1 is 1.23 bits per heavy atom. The fourth-order valence-electron chi connectivity index (χ4n) is 3.32. The van der Waals surface area contributed by atoms with Gasteiger partial charge in [-0.1, -0.05) is 56.4 Å². The third kappa shape index (κ3) is 5.45. The van der Waals surface area contributed by atoms with Gasteiger partial charge in [0.15, 0.2) is 0 Å². The zero-order valence-electron chi connectivity index (χ0n) is 13.6. The number of aliphatic hydroxyl groups is 1. The van der Waals surface area contributed by atoms with Crippen molar-refractivity contribution in [3.8, 4) is 0 Å². The lowest BCUT2D eigenvalue weighted by molar-refractivity contribution is -0.140. The van der Waals surface area contributed by atoms with Gasteiger partial charge < -0.3 is 9.84 Å². The van der Waals surface area contributed by atoms with Crippen LogP contribution in [0, 0.1) is 5.92 Å². The van der Waals surface area contributed by atoms with E-state index in [2.05, 4.69) is 16.9 Å². The number of rotatable bonds is 7. The molecule has 1 saturated carbocycles. The number of methoxy groups -OCH3 is 1. The minimum absolute atomic E-state index is 0.153. The Morgan fingerprint density at radius 2 is 1.91 bits per heavy atom. The summed E-state index contributed by atoms with van der Waals surface area (Å²) in [7, 11) is 1.42. The van der Waals surface area contributed by atoms with Crippen molar-refractivity contribution in [3.63, 3.8) is 0 Å². The summed E-state index contributed by atoms with van der Waals surface area (Å²) >= 11 is 0. The summed E-state index contributed by atoms with van der Waals surface area (Å²) in [5.41, 5.74) is 2.22. The Kier molecular flexibility index (Phi) is 6.91. The van der Waals surface area contributed by atoms with E-state index in [1.165, 1.54) is 44.8 Å². The van der Waals surface area contributed by atoms with Crippen LogP contribution in [0.4, 0.5) is 0 Å². The minimum atomic E-state index is -0.341. The maximum Gasteiger partial charge on any atom is 0.305 e. The number of aryl methyl sites for hydroxylation is 1. The highest BCUT2D eigenvalue weighted by Gasteiger charge is 2.18. The van der Waals surface area contributed by atoms with E-state index in [1.54, 1.807) is 0 Å². The van der Waals surface area contributed by atoms with Gasteiger partial charge in [-0.3, -0.25) is 4.79 Å². The van der Waals surface area contributed by atoms with Crippen molar-refractivity contribution in [2.45, 2.75) is 63.9 Å². The molecule has 2 rings (SSSR count). The van der Waals surface area contributed by atoms with Crippen LogP contribution in [0.3, 0.4) is 0 Å². The molecule has 0 amide bonds. The first-order valence-corrected chi connectivity index (χ1v) is 8.52. The Hall–Kier alpha value is -1.35. The van der Waals surface area contributed by atoms with E-state index in [0.717, 1.165) is 24.8 Å². The number of benzene rings is 1. The zero-order valence-corrected chi connectivity index (χ0v) is 13.6. The van der Waals surface area contributed by atoms with Gasteiger partial charge in [0, 0.05) is 6.42 Å². The predicted octanol–water partition coefficient (Wildman–Crippen LogP) is 4.19.